The molecular weight excluding hydrogens is 252 g/mol. The summed E-state index contributed by atoms with van der Waals surface area (Å²) in [5.41, 5.74) is 1.12. The molecule has 4 nitrogen and oxygen atoms in total. The highest BCUT2D eigenvalue weighted by atomic mass is 35.5. The van der Waals surface area contributed by atoms with E-state index in [0.717, 1.165) is 18.7 Å². The first kappa shape index (κ1) is 13.4. The number of nitrogens with zero attached hydrogens (tertiary/aromatic N) is 2. The van der Waals surface area contributed by atoms with Gasteiger partial charge in [0.05, 0.1) is 5.92 Å². The average Bonchev–Trinajstić information content (AvgIpc) is 2.96. The number of carboxylic acid groups (broad SMARTS) is 1. The molecule has 1 aromatic heterocycles. The summed E-state index contributed by atoms with van der Waals surface area (Å²) in [4.78, 5) is 15.5. The van der Waals surface area contributed by atoms with E-state index in [1.54, 1.807) is 0 Å². The summed E-state index contributed by atoms with van der Waals surface area (Å²) in [5, 5.41) is 9.05. The van der Waals surface area contributed by atoms with E-state index in [-0.39, 0.29) is 18.3 Å². The molecule has 1 saturated carbocycles. The zero-order valence-corrected chi connectivity index (χ0v) is 11.2. The first-order valence-corrected chi connectivity index (χ1v) is 6.53. The van der Waals surface area contributed by atoms with E-state index in [2.05, 4.69) is 9.55 Å². The summed E-state index contributed by atoms with van der Waals surface area (Å²) in [7, 11) is 0. The Bertz CT molecular complexity index is 438. The Morgan fingerprint density at radius 3 is 2.72 bits per heavy atom. The van der Waals surface area contributed by atoms with Crippen molar-refractivity contribution >= 4 is 18.4 Å². The first-order chi connectivity index (χ1) is 8.25. The van der Waals surface area contributed by atoms with E-state index in [0.29, 0.717) is 12.3 Å². The van der Waals surface area contributed by atoms with Crippen molar-refractivity contribution in [3.8, 4) is 0 Å². The van der Waals surface area contributed by atoms with Gasteiger partial charge >= 0.3 is 5.97 Å². The molecule has 5 heteroatoms. The summed E-state index contributed by atoms with van der Waals surface area (Å²) in [6.45, 7) is 0.831. The van der Waals surface area contributed by atoms with Gasteiger partial charge in [0.2, 0.25) is 0 Å². The number of aliphatic carboxylic acids is 1. The summed E-state index contributed by atoms with van der Waals surface area (Å²) < 4.78 is 2.27. The van der Waals surface area contributed by atoms with Gasteiger partial charge in [-0.05, 0) is 19.3 Å². The van der Waals surface area contributed by atoms with Crippen molar-refractivity contribution in [3.05, 3.63) is 17.7 Å². The fraction of sp³-hybridized carbons (Fsp3) is 0.692. The molecule has 0 amide bonds. The highest BCUT2D eigenvalue weighted by molar-refractivity contribution is 5.85. The van der Waals surface area contributed by atoms with Crippen LogP contribution in [0.2, 0.25) is 0 Å². The fourth-order valence-electron chi connectivity index (χ4n) is 3.21. The van der Waals surface area contributed by atoms with Crippen LogP contribution < -0.4 is 0 Å². The molecular formula is C13H19ClN2O2. The normalized spacial score (nSPS) is 23.4. The molecule has 18 heavy (non-hydrogen) atoms. The molecule has 0 radical (unpaired) electrons. The number of rotatable bonds is 2. The van der Waals surface area contributed by atoms with Crippen LogP contribution >= 0.6 is 12.4 Å². The zero-order valence-electron chi connectivity index (χ0n) is 10.3. The van der Waals surface area contributed by atoms with Gasteiger partial charge in [0.1, 0.15) is 5.82 Å². The standard InChI is InChI=1S/C13H18N2O2.ClH/c16-13(17)10-5-6-15-11(7-10)8-14-12(15)9-3-1-2-4-9;/h8-10H,1-7H2,(H,16,17);1H. The third-order valence-corrected chi connectivity index (χ3v) is 4.20. The van der Waals surface area contributed by atoms with Crippen LogP contribution in [0.4, 0.5) is 0 Å². The lowest BCUT2D eigenvalue weighted by atomic mass is 9.96. The van der Waals surface area contributed by atoms with Crippen LogP contribution in [0.25, 0.3) is 0 Å². The first-order valence-electron chi connectivity index (χ1n) is 6.53. The van der Waals surface area contributed by atoms with E-state index in [1.807, 2.05) is 6.20 Å². The van der Waals surface area contributed by atoms with Gasteiger partial charge in [-0.15, -0.1) is 12.4 Å². The average molecular weight is 271 g/mol. The van der Waals surface area contributed by atoms with Gasteiger partial charge in [-0.3, -0.25) is 4.79 Å². The predicted molar refractivity (Wildman–Crippen MR) is 70.1 cm³/mol. The van der Waals surface area contributed by atoms with Crippen LogP contribution in [0.1, 0.15) is 49.5 Å². The largest absolute Gasteiger partial charge is 0.481 e. The minimum absolute atomic E-state index is 0. The molecule has 2 aliphatic rings. The van der Waals surface area contributed by atoms with Crippen LogP contribution in [0.3, 0.4) is 0 Å². The van der Waals surface area contributed by atoms with Gasteiger partial charge in [-0.1, -0.05) is 12.8 Å². The third-order valence-electron chi connectivity index (χ3n) is 4.20. The Labute approximate surface area is 113 Å². The number of fused-ring (bicyclic) bond motifs is 1. The smallest absolute Gasteiger partial charge is 0.306 e. The van der Waals surface area contributed by atoms with E-state index in [4.69, 9.17) is 5.11 Å². The molecule has 1 aromatic rings. The molecule has 0 saturated heterocycles. The second-order valence-corrected chi connectivity index (χ2v) is 5.27. The van der Waals surface area contributed by atoms with E-state index < -0.39 is 5.97 Å². The lowest BCUT2D eigenvalue weighted by Gasteiger charge is -2.23. The van der Waals surface area contributed by atoms with Gasteiger partial charge in [0.15, 0.2) is 0 Å². The Kier molecular flexibility index (Phi) is 3.95. The number of aromatic nitrogens is 2. The Balaban J connectivity index is 0.00000120. The molecule has 1 N–H and O–H groups in total. The quantitative estimate of drug-likeness (QED) is 0.899. The van der Waals surface area contributed by atoms with Crippen molar-refractivity contribution < 1.29 is 9.90 Å². The second kappa shape index (κ2) is 5.31. The van der Waals surface area contributed by atoms with Crippen molar-refractivity contribution in [1.29, 1.82) is 0 Å². The van der Waals surface area contributed by atoms with Crippen molar-refractivity contribution in [3.63, 3.8) is 0 Å². The molecule has 1 fully saturated rings. The molecule has 1 aliphatic heterocycles. The predicted octanol–water partition coefficient (Wildman–Crippen LogP) is 2.61. The van der Waals surface area contributed by atoms with Crippen molar-refractivity contribution in [2.24, 2.45) is 5.92 Å². The lowest BCUT2D eigenvalue weighted by molar-refractivity contribution is -0.142. The topological polar surface area (TPSA) is 55.1 Å². The number of hydrogen-bond donors (Lipinski definition) is 1. The van der Waals surface area contributed by atoms with Crippen LogP contribution in [-0.2, 0) is 17.8 Å². The van der Waals surface area contributed by atoms with Gasteiger partial charge in [0, 0.05) is 30.8 Å². The number of halogens is 1. The third kappa shape index (κ3) is 2.26. The summed E-state index contributed by atoms with van der Waals surface area (Å²) >= 11 is 0. The Morgan fingerprint density at radius 2 is 2.06 bits per heavy atom. The Morgan fingerprint density at radius 1 is 1.33 bits per heavy atom. The van der Waals surface area contributed by atoms with Crippen LogP contribution in [0.15, 0.2) is 6.20 Å². The maximum atomic E-state index is 11.0. The highest BCUT2D eigenvalue weighted by Crippen LogP contribution is 2.35. The molecule has 1 unspecified atom stereocenters. The lowest BCUT2D eigenvalue weighted by Crippen LogP contribution is -2.26. The number of hydrogen-bond acceptors (Lipinski definition) is 2. The van der Waals surface area contributed by atoms with E-state index in [1.165, 1.54) is 31.5 Å². The molecule has 0 bridgehead atoms. The maximum Gasteiger partial charge on any atom is 0.306 e. The molecule has 2 heterocycles. The fourth-order valence-corrected chi connectivity index (χ4v) is 3.21. The number of carbonyl (C=O) groups is 1. The SMILES string of the molecule is Cl.O=C(O)C1CCn2c(cnc2C2CCCC2)C1. The highest BCUT2D eigenvalue weighted by Gasteiger charge is 2.29. The number of carboxylic acids is 1. The number of imidazole rings is 1. The summed E-state index contributed by atoms with van der Waals surface area (Å²) in [5.74, 6) is 0.946. The molecule has 1 aliphatic carbocycles. The van der Waals surface area contributed by atoms with Crippen LogP contribution in [-0.4, -0.2) is 20.6 Å². The van der Waals surface area contributed by atoms with Gasteiger partial charge < -0.3 is 9.67 Å². The monoisotopic (exact) mass is 270 g/mol. The van der Waals surface area contributed by atoms with Gasteiger partial charge in [-0.2, -0.15) is 0 Å². The van der Waals surface area contributed by atoms with Gasteiger partial charge in [0.25, 0.3) is 0 Å². The minimum Gasteiger partial charge on any atom is -0.481 e. The van der Waals surface area contributed by atoms with E-state index >= 15 is 0 Å². The molecule has 100 valence electrons. The van der Waals surface area contributed by atoms with Crippen LogP contribution in [0, 0.1) is 5.92 Å². The van der Waals surface area contributed by atoms with Crippen molar-refractivity contribution in [2.45, 2.75) is 51.0 Å². The summed E-state index contributed by atoms with van der Waals surface area (Å²) in [6.07, 6.45) is 8.41. The molecule has 3 rings (SSSR count). The van der Waals surface area contributed by atoms with E-state index in [9.17, 15) is 4.79 Å². The maximum absolute atomic E-state index is 11.0. The zero-order chi connectivity index (χ0) is 11.8. The second-order valence-electron chi connectivity index (χ2n) is 5.27. The minimum atomic E-state index is -0.667. The molecule has 0 spiro atoms. The van der Waals surface area contributed by atoms with Gasteiger partial charge in [-0.25, -0.2) is 4.98 Å². The van der Waals surface area contributed by atoms with Crippen LogP contribution in [0.5, 0.6) is 0 Å². The molecule has 0 aromatic carbocycles. The molecule has 1 atom stereocenters. The van der Waals surface area contributed by atoms with Crippen molar-refractivity contribution in [2.75, 3.05) is 0 Å². The Hall–Kier alpha value is -1.03. The van der Waals surface area contributed by atoms with Crippen molar-refractivity contribution in [1.82, 2.24) is 9.55 Å². The summed E-state index contributed by atoms with van der Waals surface area (Å²) in [6, 6.07) is 0.